The molecule has 3 heterocycles. The third-order valence-electron chi connectivity index (χ3n) is 6.18. The standard InChI is InChI=1S/C25H26AsClN6O3/c27-21-13-29-25(32-24(21)20-12-28-22-6-2-1-5-19(20)22)31-18-4-3-11-33(14-18)15-23(34)30-17-9-7-16(8-10-17)26(35)36/h1-2,5-10,12-13,18,28,35-36H,3-4,11,14-15H2,(H,30,34)(H,29,31,32)/t18-/m1/s1. The molecule has 1 aliphatic heterocycles. The van der Waals surface area contributed by atoms with E-state index in [4.69, 9.17) is 16.6 Å². The van der Waals surface area contributed by atoms with Crippen molar-refractivity contribution < 1.29 is 13.0 Å². The van der Waals surface area contributed by atoms with E-state index in [0.29, 0.717) is 33.2 Å². The van der Waals surface area contributed by atoms with Gasteiger partial charge in [0.2, 0.25) is 0 Å². The summed E-state index contributed by atoms with van der Waals surface area (Å²) in [6.07, 6.45) is 5.42. The summed E-state index contributed by atoms with van der Waals surface area (Å²) in [5.41, 5.74) is 3.24. The summed E-state index contributed by atoms with van der Waals surface area (Å²) in [6.45, 7) is 1.78. The molecule has 0 bridgehead atoms. The summed E-state index contributed by atoms with van der Waals surface area (Å²) in [5, 5.41) is 7.82. The summed E-state index contributed by atoms with van der Waals surface area (Å²) in [7, 11) is 0. The van der Waals surface area contributed by atoms with Gasteiger partial charge in [-0.05, 0) is 6.07 Å². The van der Waals surface area contributed by atoms with Crippen LogP contribution >= 0.6 is 11.6 Å². The first kappa shape index (κ1) is 24.7. The van der Waals surface area contributed by atoms with Crippen molar-refractivity contribution in [2.24, 2.45) is 0 Å². The van der Waals surface area contributed by atoms with Crippen molar-refractivity contribution in [2.45, 2.75) is 18.9 Å². The third-order valence-corrected chi connectivity index (χ3v) is 8.05. The maximum atomic E-state index is 12.6. The van der Waals surface area contributed by atoms with Gasteiger partial charge in [0.25, 0.3) is 0 Å². The van der Waals surface area contributed by atoms with Gasteiger partial charge < -0.3 is 4.98 Å². The van der Waals surface area contributed by atoms with Crippen LogP contribution in [0.1, 0.15) is 12.8 Å². The first-order valence-electron chi connectivity index (χ1n) is 11.6. The Morgan fingerprint density at radius 2 is 2.00 bits per heavy atom. The molecular weight excluding hydrogens is 543 g/mol. The van der Waals surface area contributed by atoms with E-state index in [0.717, 1.165) is 35.9 Å². The first-order valence-corrected chi connectivity index (χ1v) is 14.6. The summed E-state index contributed by atoms with van der Waals surface area (Å²) in [6, 6.07) is 14.7. The van der Waals surface area contributed by atoms with Crippen molar-refractivity contribution in [2.75, 3.05) is 30.3 Å². The number of para-hydroxylation sites is 1. The number of carbonyl (C=O) groups excluding carboxylic acids is 1. The minimum absolute atomic E-state index is 0.0964. The van der Waals surface area contributed by atoms with E-state index in [2.05, 4.69) is 25.5 Å². The minimum atomic E-state index is -2.90. The number of amides is 1. The Bertz CT molecular complexity index is 1360. The van der Waals surface area contributed by atoms with Crippen LogP contribution in [0.2, 0.25) is 5.02 Å². The van der Waals surface area contributed by atoms with E-state index in [9.17, 15) is 13.0 Å². The van der Waals surface area contributed by atoms with Gasteiger partial charge in [0.05, 0.1) is 16.9 Å². The van der Waals surface area contributed by atoms with Crippen LogP contribution in [0.25, 0.3) is 22.2 Å². The number of likely N-dealkylation sites (tertiary alicyclic amines) is 1. The van der Waals surface area contributed by atoms with Gasteiger partial charge in [-0.25, -0.2) is 9.97 Å². The Balaban J connectivity index is 1.21. The molecule has 4 aromatic rings. The van der Waals surface area contributed by atoms with Crippen molar-refractivity contribution in [1.29, 1.82) is 0 Å². The quantitative estimate of drug-likeness (QED) is 0.217. The number of rotatable bonds is 7. The molecule has 5 rings (SSSR count). The summed E-state index contributed by atoms with van der Waals surface area (Å²) in [5.74, 6) is 0.390. The number of hydrogen-bond acceptors (Lipinski definition) is 7. The summed E-state index contributed by atoms with van der Waals surface area (Å²) in [4.78, 5) is 27.0. The van der Waals surface area contributed by atoms with E-state index in [-0.39, 0.29) is 18.5 Å². The van der Waals surface area contributed by atoms with Crippen LogP contribution in [0, 0.1) is 0 Å². The number of benzene rings is 2. The summed E-state index contributed by atoms with van der Waals surface area (Å²) >= 11 is 3.56. The first-order chi connectivity index (χ1) is 17.5. The maximum absolute atomic E-state index is 12.6. The fourth-order valence-electron chi connectivity index (χ4n) is 4.47. The van der Waals surface area contributed by atoms with Gasteiger partial charge in [-0.2, -0.15) is 0 Å². The fourth-order valence-corrected chi connectivity index (χ4v) is 5.54. The molecule has 1 amide bonds. The second-order valence-corrected chi connectivity index (χ2v) is 11.4. The number of anilines is 2. The van der Waals surface area contributed by atoms with Gasteiger partial charge in [0.1, 0.15) is 0 Å². The van der Waals surface area contributed by atoms with E-state index in [1.54, 1.807) is 30.5 Å². The van der Waals surface area contributed by atoms with Gasteiger partial charge in [0.15, 0.2) is 0 Å². The number of piperidine rings is 1. The number of aromatic nitrogens is 3. The predicted octanol–water partition coefficient (Wildman–Crippen LogP) is 2.47. The van der Waals surface area contributed by atoms with Gasteiger partial charge in [-0.15, -0.1) is 0 Å². The fraction of sp³-hybridized carbons (Fsp3) is 0.240. The number of halogens is 1. The molecule has 1 atom stereocenters. The van der Waals surface area contributed by atoms with Crippen molar-refractivity contribution in [3.63, 3.8) is 0 Å². The van der Waals surface area contributed by atoms with E-state index < -0.39 is 15.3 Å². The molecule has 0 saturated carbocycles. The van der Waals surface area contributed by atoms with Crippen LogP contribution in [0.4, 0.5) is 11.6 Å². The zero-order valence-electron chi connectivity index (χ0n) is 19.4. The van der Waals surface area contributed by atoms with Gasteiger partial charge in [-0.1, -0.05) is 29.8 Å². The van der Waals surface area contributed by atoms with E-state index >= 15 is 0 Å². The number of fused-ring (bicyclic) bond motifs is 1. The average Bonchev–Trinajstić information content (AvgIpc) is 3.30. The van der Waals surface area contributed by atoms with E-state index in [1.807, 2.05) is 30.5 Å². The number of aromatic amines is 1. The molecule has 186 valence electrons. The Kier molecular flexibility index (Phi) is 7.55. The SMILES string of the molecule is O=C(CN1CCC[C@@H](Nc2ncc(Cl)c(-c3c[nH]c4ccccc34)n2)C1)Nc1ccc([As](O)O)cc1. The molecule has 2 aromatic carbocycles. The molecule has 0 unspecified atom stereocenters. The van der Waals surface area contributed by atoms with Crippen LogP contribution in [0.5, 0.6) is 0 Å². The Morgan fingerprint density at radius 3 is 2.81 bits per heavy atom. The molecule has 0 aliphatic carbocycles. The molecule has 1 aliphatic rings. The van der Waals surface area contributed by atoms with Crippen LogP contribution < -0.4 is 15.0 Å². The van der Waals surface area contributed by atoms with Crippen LogP contribution in [0.15, 0.2) is 60.9 Å². The van der Waals surface area contributed by atoms with Crippen molar-refractivity contribution in [3.8, 4) is 11.3 Å². The van der Waals surface area contributed by atoms with Gasteiger partial charge in [0, 0.05) is 22.7 Å². The van der Waals surface area contributed by atoms with Crippen molar-refractivity contribution >= 4 is 59.7 Å². The second-order valence-electron chi connectivity index (χ2n) is 8.74. The number of nitrogens with one attached hydrogen (secondary N) is 3. The molecule has 11 heteroatoms. The average molecular weight is 569 g/mol. The summed E-state index contributed by atoms with van der Waals surface area (Å²) < 4.78 is 19.2. The van der Waals surface area contributed by atoms with E-state index in [1.165, 1.54) is 0 Å². The number of carbonyl (C=O) groups is 1. The monoisotopic (exact) mass is 568 g/mol. The zero-order valence-corrected chi connectivity index (χ0v) is 22.0. The molecule has 2 aromatic heterocycles. The molecule has 9 nitrogen and oxygen atoms in total. The Hall–Kier alpha value is -2.94. The number of hydrogen-bond donors (Lipinski definition) is 5. The number of nitrogens with zero attached hydrogens (tertiary/aromatic N) is 3. The van der Waals surface area contributed by atoms with Gasteiger partial charge >= 0.3 is 129 Å². The second kappa shape index (κ2) is 11.0. The van der Waals surface area contributed by atoms with Crippen LogP contribution in [0.3, 0.4) is 0 Å². The Labute approximate surface area is 218 Å². The zero-order chi connectivity index (χ0) is 25.1. The predicted molar refractivity (Wildman–Crippen MR) is 142 cm³/mol. The van der Waals surface area contributed by atoms with Crippen molar-refractivity contribution in [3.05, 3.63) is 65.9 Å². The molecule has 5 N–H and O–H groups in total. The molecule has 1 fully saturated rings. The molecule has 0 spiro atoms. The molecule has 0 radical (unpaired) electrons. The van der Waals surface area contributed by atoms with Crippen molar-refractivity contribution in [1.82, 2.24) is 19.9 Å². The number of H-pyrrole nitrogens is 1. The normalized spacial score (nSPS) is 16.4. The van der Waals surface area contributed by atoms with Gasteiger partial charge in [-0.3, -0.25) is 0 Å². The molecule has 36 heavy (non-hydrogen) atoms. The third kappa shape index (κ3) is 5.72. The topological polar surface area (TPSA) is 126 Å². The Morgan fingerprint density at radius 1 is 1.19 bits per heavy atom. The molecular formula is C25H26AsClN6O3. The van der Waals surface area contributed by atoms with Crippen LogP contribution in [-0.2, 0) is 4.79 Å². The molecule has 1 saturated heterocycles. The van der Waals surface area contributed by atoms with Crippen LogP contribution in [-0.4, -0.2) is 75.0 Å².